The number of ether oxygens (including phenoxy) is 3. The van der Waals surface area contributed by atoms with Crippen molar-refractivity contribution in [3.8, 4) is 0 Å². The van der Waals surface area contributed by atoms with Crippen LogP contribution < -0.4 is 10.6 Å². The van der Waals surface area contributed by atoms with Crippen molar-refractivity contribution in [1.29, 1.82) is 0 Å². The van der Waals surface area contributed by atoms with Gasteiger partial charge in [-0.1, -0.05) is 24.3 Å². The Morgan fingerprint density at radius 2 is 1.87 bits per heavy atom. The van der Waals surface area contributed by atoms with Crippen molar-refractivity contribution < 1.29 is 28.6 Å². The number of benzene rings is 1. The van der Waals surface area contributed by atoms with E-state index in [-0.39, 0.29) is 29.3 Å². The van der Waals surface area contributed by atoms with E-state index in [0.717, 1.165) is 0 Å². The Hall–Kier alpha value is -3.55. The minimum absolute atomic E-state index is 0.0722. The van der Waals surface area contributed by atoms with E-state index in [4.69, 9.17) is 19.9 Å². The average molecular weight is 426 g/mol. The number of nitrogens with two attached hydrogens (primary N) is 1. The molecule has 1 atom stereocenters. The first-order valence-corrected chi connectivity index (χ1v) is 9.74. The molecule has 8 nitrogen and oxygen atoms in total. The van der Waals surface area contributed by atoms with E-state index >= 15 is 0 Å². The van der Waals surface area contributed by atoms with Crippen molar-refractivity contribution in [1.82, 2.24) is 0 Å². The molecule has 1 unspecified atom stereocenters. The molecule has 0 saturated heterocycles. The van der Waals surface area contributed by atoms with Crippen LogP contribution in [0.3, 0.4) is 0 Å². The number of nitrogens with zero attached hydrogens (tertiary/aromatic N) is 1. The highest BCUT2D eigenvalue weighted by molar-refractivity contribution is 6.22. The maximum atomic E-state index is 14.0. The van der Waals surface area contributed by atoms with Gasteiger partial charge in [-0.3, -0.25) is 4.79 Å². The number of anilines is 1. The number of esters is 2. The van der Waals surface area contributed by atoms with E-state index in [1.54, 1.807) is 51.1 Å². The van der Waals surface area contributed by atoms with Gasteiger partial charge in [0.1, 0.15) is 27.9 Å². The van der Waals surface area contributed by atoms with Crippen molar-refractivity contribution in [3.05, 3.63) is 65.3 Å². The Bertz CT molecular complexity index is 1050. The summed E-state index contributed by atoms with van der Waals surface area (Å²) in [4.78, 5) is 41.8. The maximum Gasteiger partial charge on any atom is 0.340 e. The molecule has 2 aliphatic rings. The largest absolute Gasteiger partial charge is 0.465 e. The predicted octanol–water partition coefficient (Wildman–Crippen LogP) is 2.45. The van der Waals surface area contributed by atoms with E-state index in [1.165, 1.54) is 18.9 Å². The van der Waals surface area contributed by atoms with Gasteiger partial charge in [0.15, 0.2) is 0 Å². The molecule has 2 aliphatic heterocycles. The van der Waals surface area contributed by atoms with Gasteiger partial charge in [0.25, 0.3) is 0 Å². The standard InChI is InChI=1S/C23H26N2O6/c1-7-12-25-15-11-9-8-10-14(15)23(21(25)28)16(20(27)31-22(3,4)5)13(2)30-18(24)17(23)19(26)29-6/h7-11H,1,12,24H2,2-6H3. The van der Waals surface area contributed by atoms with Crippen LogP contribution in [0.1, 0.15) is 33.3 Å². The summed E-state index contributed by atoms with van der Waals surface area (Å²) >= 11 is 0. The molecule has 2 heterocycles. The normalized spacial score (nSPS) is 20.5. The second-order valence-electron chi connectivity index (χ2n) is 8.24. The van der Waals surface area contributed by atoms with Crippen LogP contribution in [0.5, 0.6) is 0 Å². The van der Waals surface area contributed by atoms with E-state index in [1.807, 2.05) is 0 Å². The summed E-state index contributed by atoms with van der Waals surface area (Å²) in [7, 11) is 1.17. The van der Waals surface area contributed by atoms with Crippen LogP contribution in [0.4, 0.5) is 5.69 Å². The second-order valence-corrected chi connectivity index (χ2v) is 8.24. The van der Waals surface area contributed by atoms with Gasteiger partial charge in [-0.2, -0.15) is 0 Å². The van der Waals surface area contributed by atoms with Gasteiger partial charge >= 0.3 is 11.9 Å². The summed E-state index contributed by atoms with van der Waals surface area (Å²) in [6.45, 7) is 10.5. The number of para-hydroxylation sites is 1. The average Bonchev–Trinajstić information content (AvgIpc) is 2.90. The lowest BCUT2D eigenvalue weighted by molar-refractivity contribution is -0.152. The molecule has 2 N–H and O–H groups in total. The Labute approximate surface area is 180 Å². The molecule has 1 aromatic rings. The van der Waals surface area contributed by atoms with Gasteiger partial charge < -0.3 is 24.8 Å². The van der Waals surface area contributed by atoms with Crippen LogP contribution in [-0.4, -0.2) is 37.1 Å². The number of carbonyl (C=O) groups excluding carboxylic acids is 3. The maximum absolute atomic E-state index is 14.0. The van der Waals surface area contributed by atoms with E-state index in [9.17, 15) is 14.4 Å². The van der Waals surface area contributed by atoms with Gasteiger partial charge in [-0.05, 0) is 33.8 Å². The monoisotopic (exact) mass is 426 g/mol. The van der Waals surface area contributed by atoms with Crippen molar-refractivity contribution in [3.63, 3.8) is 0 Å². The van der Waals surface area contributed by atoms with Crippen LogP contribution in [0.15, 0.2) is 59.7 Å². The minimum Gasteiger partial charge on any atom is -0.465 e. The lowest BCUT2D eigenvalue weighted by Gasteiger charge is -2.37. The number of carbonyl (C=O) groups is 3. The zero-order valence-corrected chi connectivity index (χ0v) is 18.3. The quantitative estimate of drug-likeness (QED) is 0.582. The topological polar surface area (TPSA) is 108 Å². The number of hydrogen-bond donors (Lipinski definition) is 1. The van der Waals surface area contributed by atoms with Crippen molar-refractivity contribution in [2.45, 2.75) is 38.7 Å². The third-order valence-electron chi connectivity index (χ3n) is 5.08. The third-order valence-corrected chi connectivity index (χ3v) is 5.08. The van der Waals surface area contributed by atoms with E-state index < -0.39 is 28.9 Å². The van der Waals surface area contributed by atoms with Crippen LogP contribution >= 0.6 is 0 Å². The molecular formula is C23H26N2O6. The Morgan fingerprint density at radius 3 is 2.45 bits per heavy atom. The van der Waals surface area contributed by atoms with Gasteiger partial charge in [-0.25, -0.2) is 9.59 Å². The Morgan fingerprint density at radius 1 is 1.23 bits per heavy atom. The highest BCUT2D eigenvalue weighted by Gasteiger charge is 2.63. The molecule has 3 rings (SSSR count). The summed E-state index contributed by atoms with van der Waals surface area (Å²) in [6, 6.07) is 6.88. The van der Waals surface area contributed by atoms with E-state index in [2.05, 4.69) is 6.58 Å². The van der Waals surface area contributed by atoms with Crippen molar-refractivity contribution in [2.75, 3.05) is 18.6 Å². The fourth-order valence-corrected chi connectivity index (χ4v) is 4.07. The highest BCUT2D eigenvalue weighted by Crippen LogP contribution is 2.54. The molecule has 1 aromatic carbocycles. The summed E-state index contributed by atoms with van der Waals surface area (Å²) in [5, 5.41) is 0. The number of allylic oxidation sites excluding steroid dienone is 1. The summed E-state index contributed by atoms with van der Waals surface area (Å²) in [5.41, 5.74) is 3.95. The number of amides is 1. The second kappa shape index (κ2) is 7.61. The number of methoxy groups -OCH3 is 1. The molecule has 8 heteroatoms. The predicted molar refractivity (Wildman–Crippen MR) is 114 cm³/mol. The molecule has 1 amide bonds. The molecule has 0 saturated carbocycles. The molecule has 0 aliphatic carbocycles. The zero-order chi connectivity index (χ0) is 23.1. The first-order chi connectivity index (χ1) is 14.5. The zero-order valence-electron chi connectivity index (χ0n) is 18.3. The van der Waals surface area contributed by atoms with Crippen LogP contribution in [0, 0.1) is 0 Å². The Balaban J connectivity index is 2.42. The molecule has 1 spiro atoms. The molecule has 0 radical (unpaired) electrons. The third kappa shape index (κ3) is 3.28. The SMILES string of the molecule is C=CCN1C(=O)C2(C(C(=O)OC(C)(C)C)=C(C)OC(N)=C2C(=O)OC)c2ccccc21. The first kappa shape index (κ1) is 22.1. The summed E-state index contributed by atoms with van der Waals surface area (Å²) in [5.74, 6) is -2.44. The van der Waals surface area contributed by atoms with Crippen LogP contribution in [-0.2, 0) is 34.0 Å². The highest BCUT2D eigenvalue weighted by atomic mass is 16.6. The minimum atomic E-state index is -1.87. The van der Waals surface area contributed by atoms with Crippen LogP contribution in [0.25, 0.3) is 0 Å². The molecule has 0 aromatic heterocycles. The lowest BCUT2D eigenvalue weighted by Crippen LogP contribution is -2.51. The lowest BCUT2D eigenvalue weighted by atomic mass is 9.67. The van der Waals surface area contributed by atoms with Crippen molar-refractivity contribution >= 4 is 23.5 Å². The fraction of sp³-hybridized carbons (Fsp3) is 0.348. The number of fused-ring (bicyclic) bond motifs is 2. The smallest absolute Gasteiger partial charge is 0.340 e. The van der Waals surface area contributed by atoms with Crippen LogP contribution in [0.2, 0.25) is 0 Å². The first-order valence-electron chi connectivity index (χ1n) is 9.74. The molecule has 31 heavy (non-hydrogen) atoms. The van der Waals surface area contributed by atoms with Gasteiger partial charge in [-0.15, -0.1) is 6.58 Å². The molecular weight excluding hydrogens is 400 g/mol. The number of hydrogen-bond acceptors (Lipinski definition) is 7. The van der Waals surface area contributed by atoms with Gasteiger partial charge in [0, 0.05) is 17.8 Å². The molecule has 0 bridgehead atoms. The van der Waals surface area contributed by atoms with Crippen molar-refractivity contribution in [2.24, 2.45) is 5.73 Å². The van der Waals surface area contributed by atoms with Gasteiger partial charge in [0.05, 0.1) is 7.11 Å². The fourth-order valence-electron chi connectivity index (χ4n) is 4.07. The van der Waals surface area contributed by atoms with Gasteiger partial charge in [0.2, 0.25) is 11.8 Å². The number of rotatable bonds is 4. The summed E-state index contributed by atoms with van der Waals surface area (Å²) in [6.07, 6.45) is 1.56. The Kier molecular flexibility index (Phi) is 5.43. The van der Waals surface area contributed by atoms with E-state index in [0.29, 0.717) is 11.3 Å². The molecule has 164 valence electrons. The summed E-state index contributed by atoms with van der Waals surface area (Å²) < 4.78 is 16.1. The molecule has 0 fully saturated rings.